The highest BCUT2D eigenvalue weighted by Crippen LogP contribution is 2.51. The molecule has 0 aromatic carbocycles. The molecule has 2 nitrogen and oxygen atoms in total. The molecule has 108 valence electrons. The van der Waals surface area contributed by atoms with E-state index in [1.54, 1.807) is 0 Å². The molecule has 19 heavy (non-hydrogen) atoms. The van der Waals surface area contributed by atoms with Gasteiger partial charge in [0, 0.05) is 0 Å². The molecule has 0 heterocycles. The van der Waals surface area contributed by atoms with E-state index in [0.29, 0.717) is 5.92 Å². The second-order valence-corrected chi connectivity index (χ2v) is 7.22. The molecule has 0 amide bonds. The van der Waals surface area contributed by atoms with E-state index in [1.165, 1.54) is 12.8 Å². The monoisotopic (exact) mass is 263 g/mol. The maximum atomic E-state index is 11.1. The van der Waals surface area contributed by atoms with Crippen molar-refractivity contribution >= 4 is 0 Å². The van der Waals surface area contributed by atoms with Crippen LogP contribution in [0, 0.1) is 28.6 Å². The third-order valence-electron chi connectivity index (χ3n) is 5.86. The molecule has 0 radical (unpaired) electrons. The van der Waals surface area contributed by atoms with Crippen LogP contribution < -0.4 is 0 Å². The highest BCUT2D eigenvalue weighted by atomic mass is 16.3. The number of rotatable bonds is 2. The minimum atomic E-state index is -0.711. The van der Waals surface area contributed by atoms with E-state index in [1.807, 2.05) is 0 Å². The van der Waals surface area contributed by atoms with Crippen molar-refractivity contribution in [2.75, 3.05) is 0 Å². The van der Waals surface area contributed by atoms with Crippen LogP contribution in [0.1, 0.15) is 78.1 Å². The maximum absolute atomic E-state index is 11.1. The Morgan fingerprint density at radius 3 is 1.95 bits per heavy atom. The quantitative estimate of drug-likeness (QED) is 0.749. The predicted octanol–water partition coefficient (Wildman–Crippen LogP) is 4.43. The Morgan fingerprint density at radius 2 is 1.53 bits per heavy atom. The molecule has 2 fully saturated rings. The van der Waals surface area contributed by atoms with Gasteiger partial charge in [0.15, 0.2) is 0 Å². The summed E-state index contributed by atoms with van der Waals surface area (Å²) in [6.07, 6.45) is 10.4. The van der Waals surface area contributed by atoms with Crippen LogP contribution in [0.15, 0.2) is 0 Å². The van der Waals surface area contributed by atoms with Crippen molar-refractivity contribution in [1.82, 2.24) is 0 Å². The zero-order valence-electron chi connectivity index (χ0n) is 12.6. The van der Waals surface area contributed by atoms with Gasteiger partial charge in [0.1, 0.15) is 0 Å². The first kappa shape index (κ1) is 14.9. The molecule has 2 saturated carbocycles. The summed E-state index contributed by atoms with van der Waals surface area (Å²) < 4.78 is 0. The average molecular weight is 263 g/mol. The number of aliphatic hydroxyl groups is 1. The van der Waals surface area contributed by atoms with Crippen LogP contribution in [0.2, 0.25) is 0 Å². The molecule has 0 aromatic heterocycles. The fourth-order valence-corrected chi connectivity index (χ4v) is 4.28. The fourth-order valence-electron chi connectivity index (χ4n) is 4.28. The molecule has 2 aliphatic rings. The van der Waals surface area contributed by atoms with Crippen molar-refractivity contribution in [1.29, 1.82) is 5.26 Å². The van der Waals surface area contributed by atoms with E-state index in [2.05, 4.69) is 19.9 Å². The van der Waals surface area contributed by atoms with Crippen molar-refractivity contribution in [3.8, 4) is 6.07 Å². The second-order valence-electron chi connectivity index (χ2n) is 7.22. The standard InChI is InChI=1S/C17H29NO/c1-14(2)15-7-11-17(19,12-8-15)16(13-18)9-5-3-4-6-10-16/h14-15,19H,3-12H2,1-2H3. The number of nitriles is 1. The lowest BCUT2D eigenvalue weighted by atomic mass is 9.60. The van der Waals surface area contributed by atoms with Crippen LogP contribution >= 0.6 is 0 Å². The lowest BCUT2D eigenvalue weighted by molar-refractivity contribution is -0.100. The van der Waals surface area contributed by atoms with Crippen molar-refractivity contribution in [3.05, 3.63) is 0 Å². The van der Waals surface area contributed by atoms with Gasteiger partial charge in [-0.3, -0.25) is 0 Å². The average Bonchev–Trinajstić information content (AvgIpc) is 2.65. The van der Waals surface area contributed by atoms with Crippen molar-refractivity contribution in [3.63, 3.8) is 0 Å². The Morgan fingerprint density at radius 1 is 1.00 bits per heavy atom. The molecule has 2 heteroatoms. The van der Waals surface area contributed by atoms with Gasteiger partial charge in [-0.15, -0.1) is 0 Å². The molecule has 0 bridgehead atoms. The molecule has 0 unspecified atom stereocenters. The minimum Gasteiger partial charge on any atom is -0.388 e. The van der Waals surface area contributed by atoms with E-state index in [9.17, 15) is 10.4 Å². The van der Waals surface area contributed by atoms with Crippen molar-refractivity contribution in [2.24, 2.45) is 17.3 Å². The van der Waals surface area contributed by atoms with E-state index in [0.717, 1.165) is 57.3 Å². The van der Waals surface area contributed by atoms with Crippen LogP contribution in [-0.2, 0) is 0 Å². The Hall–Kier alpha value is -0.550. The van der Waals surface area contributed by atoms with Gasteiger partial charge in [-0.25, -0.2) is 0 Å². The topological polar surface area (TPSA) is 44.0 Å². The van der Waals surface area contributed by atoms with Crippen LogP contribution in [0.4, 0.5) is 0 Å². The SMILES string of the molecule is CC(C)C1CCC(O)(C2(C#N)CCCCCC2)CC1. The van der Waals surface area contributed by atoms with E-state index in [-0.39, 0.29) is 0 Å². The maximum Gasteiger partial charge on any atom is 0.0860 e. The molecule has 2 aliphatic carbocycles. The lowest BCUT2D eigenvalue weighted by Gasteiger charge is -2.47. The first-order chi connectivity index (χ1) is 9.03. The number of nitrogens with zero attached hydrogens (tertiary/aromatic N) is 1. The van der Waals surface area contributed by atoms with Gasteiger partial charge in [0.2, 0.25) is 0 Å². The molecular formula is C17H29NO. The smallest absolute Gasteiger partial charge is 0.0860 e. The van der Waals surface area contributed by atoms with E-state index in [4.69, 9.17) is 0 Å². The summed E-state index contributed by atoms with van der Waals surface area (Å²) in [5.41, 5.74) is -1.16. The molecular weight excluding hydrogens is 234 g/mol. The Labute approximate surface area is 118 Å². The fraction of sp³-hybridized carbons (Fsp3) is 0.941. The molecule has 1 N–H and O–H groups in total. The molecule has 2 rings (SSSR count). The Kier molecular flexibility index (Phi) is 4.56. The number of hydrogen-bond acceptors (Lipinski definition) is 2. The summed E-state index contributed by atoms with van der Waals surface area (Å²) in [7, 11) is 0. The summed E-state index contributed by atoms with van der Waals surface area (Å²) >= 11 is 0. The van der Waals surface area contributed by atoms with Gasteiger partial charge in [-0.1, -0.05) is 39.5 Å². The summed E-state index contributed by atoms with van der Waals surface area (Å²) in [6.45, 7) is 4.56. The largest absolute Gasteiger partial charge is 0.388 e. The highest BCUT2D eigenvalue weighted by molar-refractivity contribution is 5.13. The Balaban J connectivity index is 2.12. The van der Waals surface area contributed by atoms with Gasteiger partial charge in [0.05, 0.1) is 17.1 Å². The lowest BCUT2D eigenvalue weighted by Crippen LogP contribution is -2.50. The normalized spacial score (nSPS) is 35.6. The second kappa shape index (κ2) is 5.83. The van der Waals surface area contributed by atoms with Gasteiger partial charge in [0.25, 0.3) is 0 Å². The molecule has 0 aliphatic heterocycles. The first-order valence-corrected chi connectivity index (χ1v) is 8.17. The number of hydrogen-bond donors (Lipinski definition) is 1. The third kappa shape index (κ3) is 2.82. The van der Waals surface area contributed by atoms with Crippen molar-refractivity contribution < 1.29 is 5.11 Å². The van der Waals surface area contributed by atoms with Crippen LogP contribution in [0.25, 0.3) is 0 Å². The molecule has 0 saturated heterocycles. The summed E-state index contributed by atoms with van der Waals surface area (Å²) in [4.78, 5) is 0. The van der Waals surface area contributed by atoms with Crippen molar-refractivity contribution in [2.45, 2.75) is 83.7 Å². The van der Waals surface area contributed by atoms with Crippen LogP contribution in [0.3, 0.4) is 0 Å². The van der Waals surface area contributed by atoms with Gasteiger partial charge in [-0.05, 0) is 50.4 Å². The third-order valence-corrected chi connectivity index (χ3v) is 5.86. The zero-order valence-corrected chi connectivity index (χ0v) is 12.6. The van der Waals surface area contributed by atoms with Gasteiger partial charge >= 0.3 is 0 Å². The van der Waals surface area contributed by atoms with Gasteiger partial charge in [-0.2, -0.15) is 5.26 Å². The molecule has 0 spiro atoms. The summed E-state index contributed by atoms with van der Waals surface area (Å²) in [6, 6.07) is 2.56. The summed E-state index contributed by atoms with van der Waals surface area (Å²) in [5.74, 6) is 1.44. The Bertz CT molecular complexity index is 326. The van der Waals surface area contributed by atoms with Crippen LogP contribution in [0.5, 0.6) is 0 Å². The predicted molar refractivity (Wildman–Crippen MR) is 77.5 cm³/mol. The zero-order chi connectivity index (χ0) is 13.9. The van der Waals surface area contributed by atoms with E-state index < -0.39 is 11.0 Å². The van der Waals surface area contributed by atoms with Gasteiger partial charge < -0.3 is 5.11 Å². The highest BCUT2D eigenvalue weighted by Gasteiger charge is 2.51. The summed E-state index contributed by atoms with van der Waals surface area (Å²) in [5, 5.41) is 20.9. The molecule has 0 aromatic rings. The van der Waals surface area contributed by atoms with E-state index >= 15 is 0 Å². The van der Waals surface area contributed by atoms with Crippen LogP contribution in [-0.4, -0.2) is 10.7 Å². The minimum absolute atomic E-state index is 0.453. The molecule has 0 atom stereocenters. The first-order valence-electron chi connectivity index (χ1n) is 8.17.